The van der Waals surface area contributed by atoms with Gasteiger partial charge in [-0.1, -0.05) is 24.3 Å². The number of aliphatic hydroxyl groups is 1. The molecule has 0 bridgehead atoms. The summed E-state index contributed by atoms with van der Waals surface area (Å²) in [6.07, 6.45) is 0.701. The van der Waals surface area contributed by atoms with Crippen molar-refractivity contribution in [2.75, 3.05) is 40.9 Å². The molecule has 1 N–H and O–H groups in total. The lowest BCUT2D eigenvalue weighted by Crippen LogP contribution is -2.32. The second-order valence-electron chi connectivity index (χ2n) is 7.88. The number of nitrogens with zero attached hydrogens (tertiary/aromatic N) is 2. The van der Waals surface area contributed by atoms with Crippen LogP contribution in [-0.4, -0.2) is 67.5 Å². The number of amides is 1. The first-order chi connectivity index (χ1) is 15.4. The molecule has 0 spiro atoms. The van der Waals surface area contributed by atoms with Crippen molar-refractivity contribution >= 4 is 17.4 Å². The lowest BCUT2D eigenvalue weighted by molar-refractivity contribution is -0.139. The van der Waals surface area contributed by atoms with Crippen molar-refractivity contribution in [1.29, 1.82) is 0 Å². The Morgan fingerprint density at radius 1 is 1.09 bits per heavy atom. The van der Waals surface area contributed by atoms with Crippen molar-refractivity contribution in [1.82, 2.24) is 9.80 Å². The molecule has 0 saturated carbocycles. The molecule has 32 heavy (non-hydrogen) atoms. The number of rotatable bonds is 9. The van der Waals surface area contributed by atoms with E-state index >= 15 is 0 Å². The summed E-state index contributed by atoms with van der Waals surface area (Å²) in [4.78, 5) is 29.6. The third-order valence-corrected chi connectivity index (χ3v) is 5.39. The number of carbonyl (C=O) groups excluding carboxylic acids is 2. The van der Waals surface area contributed by atoms with E-state index in [0.717, 1.165) is 12.1 Å². The van der Waals surface area contributed by atoms with Crippen LogP contribution in [0.2, 0.25) is 0 Å². The monoisotopic (exact) mass is 438 g/mol. The Balaban J connectivity index is 2.07. The van der Waals surface area contributed by atoms with E-state index in [1.165, 1.54) is 7.11 Å². The van der Waals surface area contributed by atoms with Crippen molar-refractivity contribution in [2.45, 2.75) is 19.4 Å². The molecule has 2 aromatic rings. The number of ketones is 1. The zero-order valence-electron chi connectivity index (χ0n) is 19.0. The highest BCUT2D eigenvalue weighted by Crippen LogP contribution is 2.40. The molecule has 1 heterocycles. The summed E-state index contributed by atoms with van der Waals surface area (Å²) >= 11 is 0. The van der Waals surface area contributed by atoms with Crippen LogP contribution in [0.15, 0.2) is 54.1 Å². The fraction of sp³-hybridized carbons (Fsp3) is 0.360. The first-order valence-corrected chi connectivity index (χ1v) is 10.7. The topological polar surface area (TPSA) is 79.3 Å². The van der Waals surface area contributed by atoms with E-state index in [2.05, 4.69) is 0 Å². The van der Waals surface area contributed by atoms with E-state index in [1.807, 2.05) is 50.2 Å². The summed E-state index contributed by atoms with van der Waals surface area (Å²) in [7, 11) is 5.45. The van der Waals surface area contributed by atoms with Gasteiger partial charge in [0.1, 0.15) is 17.3 Å². The Labute approximate surface area is 188 Å². The summed E-state index contributed by atoms with van der Waals surface area (Å²) in [5.74, 6) is -0.252. The number of methoxy groups -OCH3 is 1. The van der Waals surface area contributed by atoms with E-state index < -0.39 is 17.7 Å². The molecule has 2 aromatic carbocycles. The summed E-state index contributed by atoms with van der Waals surface area (Å²) in [6.45, 7) is 3.62. The van der Waals surface area contributed by atoms with Gasteiger partial charge in [-0.2, -0.15) is 0 Å². The first-order valence-electron chi connectivity index (χ1n) is 10.7. The maximum atomic E-state index is 13.1. The minimum Gasteiger partial charge on any atom is -0.507 e. The Morgan fingerprint density at radius 3 is 2.44 bits per heavy atom. The van der Waals surface area contributed by atoms with Gasteiger partial charge >= 0.3 is 0 Å². The van der Waals surface area contributed by atoms with Crippen LogP contribution in [-0.2, 0) is 9.59 Å². The lowest BCUT2D eigenvalue weighted by Gasteiger charge is -2.26. The van der Waals surface area contributed by atoms with Gasteiger partial charge in [0.25, 0.3) is 11.7 Å². The highest BCUT2D eigenvalue weighted by Gasteiger charge is 2.45. The quantitative estimate of drug-likeness (QED) is 0.367. The van der Waals surface area contributed by atoms with Crippen molar-refractivity contribution in [3.63, 3.8) is 0 Å². The molecule has 0 unspecified atom stereocenters. The summed E-state index contributed by atoms with van der Waals surface area (Å²) < 4.78 is 10.8. The predicted octanol–water partition coefficient (Wildman–Crippen LogP) is 3.47. The van der Waals surface area contributed by atoms with Crippen molar-refractivity contribution < 1.29 is 24.2 Å². The number of hydrogen-bond donors (Lipinski definition) is 1. The molecule has 0 aromatic heterocycles. The number of carbonyl (C=O) groups is 2. The van der Waals surface area contributed by atoms with Gasteiger partial charge in [0.15, 0.2) is 0 Å². The van der Waals surface area contributed by atoms with Gasteiger partial charge in [-0.05, 0) is 63.8 Å². The minimum absolute atomic E-state index is 0.0808. The van der Waals surface area contributed by atoms with Gasteiger partial charge in [0.05, 0.1) is 25.3 Å². The Morgan fingerprint density at radius 2 is 1.81 bits per heavy atom. The number of Topliss-reactive ketones (excluding diaryl/α,β-unsaturated/α-hetero) is 1. The molecule has 0 aliphatic carbocycles. The molecular formula is C25H30N2O5. The van der Waals surface area contributed by atoms with Crippen LogP contribution in [0.25, 0.3) is 5.76 Å². The Hall–Kier alpha value is -3.32. The number of aliphatic hydroxyl groups excluding tert-OH is 1. The minimum atomic E-state index is -0.686. The van der Waals surface area contributed by atoms with Crippen LogP contribution < -0.4 is 9.47 Å². The van der Waals surface area contributed by atoms with Crippen LogP contribution in [0, 0.1) is 0 Å². The Kier molecular flexibility index (Phi) is 7.53. The number of likely N-dealkylation sites (tertiary alicyclic amines) is 1. The molecule has 7 heteroatoms. The third kappa shape index (κ3) is 4.94. The molecule has 1 aliphatic heterocycles. The normalized spacial score (nSPS) is 17.8. The SMILES string of the molecule is CCOc1ccc([C@H]2/C(=C(\O)c3cccc(OC)c3)C(=O)C(=O)N2CCCN(C)C)cc1. The average Bonchev–Trinajstić information content (AvgIpc) is 3.04. The average molecular weight is 439 g/mol. The molecule has 7 nitrogen and oxygen atoms in total. The summed E-state index contributed by atoms with van der Waals surface area (Å²) in [5, 5.41) is 11.1. The van der Waals surface area contributed by atoms with Crippen LogP contribution in [0.4, 0.5) is 0 Å². The summed E-state index contributed by atoms with van der Waals surface area (Å²) in [6, 6.07) is 13.4. The van der Waals surface area contributed by atoms with E-state index in [4.69, 9.17) is 9.47 Å². The molecule has 0 radical (unpaired) electrons. The second kappa shape index (κ2) is 10.3. The zero-order valence-corrected chi connectivity index (χ0v) is 19.0. The van der Waals surface area contributed by atoms with E-state index in [1.54, 1.807) is 29.2 Å². The second-order valence-corrected chi connectivity index (χ2v) is 7.88. The maximum absolute atomic E-state index is 13.1. The van der Waals surface area contributed by atoms with Crippen molar-refractivity contribution in [2.24, 2.45) is 0 Å². The smallest absolute Gasteiger partial charge is 0.295 e. The van der Waals surface area contributed by atoms with Crippen LogP contribution in [0.1, 0.15) is 30.5 Å². The van der Waals surface area contributed by atoms with E-state index in [-0.39, 0.29) is 11.3 Å². The number of hydrogen-bond acceptors (Lipinski definition) is 6. The molecule has 170 valence electrons. The van der Waals surface area contributed by atoms with E-state index in [9.17, 15) is 14.7 Å². The molecule has 1 fully saturated rings. The number of ether oxygens (including phenoxy) is 2. The molecule has 1 amide bonds. The fourth-order valence-corrected chi connectivity index (χ4v) is 3.85. The zero-order chi connectivity index (χ0) is 23.3. The summed E-state index contributed by atoms with van der Waals surface area (Å²) in [5.41, 5.74) is 1.24. The van der Waals surface area contributed by atoms with E-state index in [0.29, 0.717) is 36.6 Å². The van der Waals surface area contributed by atoms with Gasteiger partial charge in [0.2, 0.25) is 0 Å². The van der Waals surface area contributed by atoms with Gasteiger partial charge in [-0.15, -0.1) is 0 Å². The molecule has 1 atom stereocenters. The molecular weight excluding hydrogens is 408 g/mol. The standard InChI is InChI=1S/C25H30N2O5/c1-5-32-19-12-10-17(11-13-19)22-21(23(28)18-8-6-9-20(16-18)31-4)24(29)25(30)27(22)15-7-14-26(2)3/h6,8-13,16,22,28H,5,7,14-15H2,1-4H3/b23-21+/t22-/m0/s1. The number of benzene rings is 2. The van der Waals surface area contributed by atoms with Crippen LogP contribution in [0.5, 0.6) is 11.5 Å². The van der Waals surface area contributed by atoms with Crippen LogP contribution in [0.3, 0.4) is 0 Å². The molecule has 1 aliphatic rings. The lowest BCUT2D eigenvalue weighted by atomic mass is 9.95. The highest BCUT2D eigenvalue weighted by atomic mass is 16.5. The maximum Gasteiger partial charge on any atom is 0.295 e. The fourth-order valence-electron chi connectivity index (χ4n) is 3.85. The van der Waals surface area contributed by atoms with Crippen LogP contribution >= 0.6 is 0 Å². The predicted molar refractivity (Wildman–Crippen MR) is 123 cm³/mol. The van der Waals surface area contributed by atoms with Crippen molar-refractivity contribution in [3.05, 3.63) is 65.2 Å². The van der Waals surface area contributed by atoms with Gasteiger partial charge in [0, 0.05) is 12.1 Å². The first kappa shape index (κ1) is 23.3. The molecule has 1 saturated heterocycles. The third-order valence-electron chi connectivity index (χ3n) is 5.39. The Bertz CT molecular complexity index is 998. The van der Waals surface area contributed by atoms with Gasteiger partial charge < -0.3 is 24.4 Å². The van der Waals surface area contributed by atoms with Gasteiger partial charge in [-0.25, -0.2) is 0 Å². The van der Waals surface area contributed by atoms with Gasteiger partial charge in [-0.3, -0.25) is 9.59 Å². The molecule has 3 rings (SSSR count). The highest BCUT2D eigenvalue weighted by molar-refractivity contribution is 6.46. The van der Waals surface area contributed by atoms with Crippen molar-refractivity contribution in [3.8, 4) is 11.5 Å². The largest absolute Gasteiger partial charge is 0.507 e.